The summed E-state index contributed by atoms with van der Waals surface area (Å²) in [6, 6.07) is 19.2. The van der Waals surface area contributed by atoms with Gasteiger partial charge in [0.25, 0.3) is 0 Å². The van der Waals surface area contributed by atoms with Crippen LogP contribution in [0.25, 0.3) is 0 Å². The van der Waals surface area contributed by atoms with Crippen LogP contribution in [0.5, 0.6) is 0 Å². The standard InChI is InChI=1S/C26H33N/c1-4-7-11-20-27-21-25(26(27,5-2)6-3)24-18-16-23(17-19-24)15-14-22-12-9-8-10-13-22/h8-10,12-13,16-19,25H,4-7,11,20-21H2,1-3H3/t25-/m1/s1. The van der Waals surface area contributed by atoms with Gasteiger partial charge in [-0.2, -0.15) is 0 Å². The molecule has 0 N–H and O–H groups in total. The molecule has 2 aromatic rings. The van der Waals surface area contributed by atoms with Crippen LogP contribution < -0.4 is 0 Å². The normalized spacial score (nSPS) is 18.4. The van der Waals surface area contributed by atoms with Crippen molar-refractivity contribution in [3.8, 4) is 11.8 Å². The van der Waals surface area contributed by atoms with E-state index in [-0.39, 0.29) is 0 Å². The molecule has 1 aliphatic rings. The highest BCUT2D eigenvalue weighted by molar-refractivity contribution is 5.44. The highest BCUT2D eigenvalue weighted by atomic mass is 15.3. The summed E-state index contributed by atoms with van der Waals surface area (Å²) in [5, 5.41) is 0. The molecule has 1 heteroatoms. The topological polar surface area (TPSA) is 3.24 Å². The van der Waals surface area contributed by atoms with Crippen LogP contribution in [0, 0.1) is 11.8 Å². The SMILES string of the molecule is CCCCCN1C[C@H](c2ccc(C#Cc3ccccc3)cc2)C1(CC)CC. The summed E-state index contributed by atoms with van der Waals surface area (Å²) >= 11 is 0. The zero-order valence-corrected chi connectivity index (χ0v) is 17.2. The number of nitrogens with zero attached hydrogens (tertiary/aromatic N) is 1. The molecule has 0 unspecified atom stereocenters. The molecule has 2 aromatic carbocycles. The lowest BCUT2D eigenvalue weighted by Gasteiger charge is -2.59. The fraction of sp³-hybridized carbons (Fsp3) is 0.462. The Hall–Kier alpha value is -2.04. The summed E-state index contributed by atoms with van der Waals surface area (Å²) in [6.07, 6.45) is 6.44. The molecule has 1 saturated heterocycles. The third kappa shape index (κ3) is 4.28. The summed E-state index contributed by atoms with van der Waals surface area (Å²) in [5.74, 6) is 7.21. The molecule has 1 nitrogen and oxygen atoms in total. The summed E-state index contributed by atoms with van der Waals surface area (Å²) in [5.41, 5.74) is 4.00. The second kappa shape index (κ2) is 9.25. The molecule has 0 radical (unpaired) electrons. The van der Waals surface area contributed by atoms with E-state index in [2.05, 4.69) is 73.9 Å². The molecule has 0 aliphatic carbocycles. The van der Waals surface area contributed by atoms with E-state index in [1.165, 1.54) is 50.8 Å². The summed E-state index contributed by atoms with van der Waals surface area (Å²) < 4.78 is 0. The molecular formula is C26H33N. The van der Waals surface area contributed by atoms with E-state index in [4.69, 9.17) is 0 Å². The van der Waals surface area contributed by atoms with Gasteiger partial charge in [0.2, 0.25) is 0 Å². The van der Waals surface area contributed by atoms with Gasteiger partial charge < -0.3 is 0 Å². The predicted molar refractivity (Wildman–Crippen MR) is 116 cm³/mol. The van der Waals surface area contributed by atoms with Crippen LogP contribution in [0.3, 0.4) is 0 Å². The van der Waals surface area contributed by atoms with Crippen molar-refractivity contribution in [2.24, 2.45) is 0 Å². The molecule has 0 saturated carbocycles. The van der Waals surface area contributed by atoms with E-state index in [9.17, 15) is 0 Å². The molecule has 1 heterocycles. The summed E-state index contributed by atoms with van der Waals surface area (Å²) in [7, 11) is 0. The van der Waals surface area contributed by atoms with Crippen LogP contribution in [0.15, 0.2) is 54.6 Å². The van der Waals surface area contributed by atoms with E-state index in [0.29, 0.717) is 11.5 Å². The molecule has 0 amide bonds. The van der Waals surface area contributed by atoms with E-state index in [1.54, 1.807) is 0 Å². The highest BCUT2D eigenvalue weighted by Crippen LogP contribution is 2.48. The quantitative estimate of drug-likeness (QED) is 0.418. The minimum atomic E-state index is 0.352. The molecule has 27 heavy (non-hydrogen) atoms. The maximum Gasteiger partial charge on any atom is 0.0285 e. The molecule has 1 aliphatic heterocycles. The van der Waals surface area contributed by atoms with Crippen LogP contribution in [-0.4, -0.2) is 23.5 Å². The van der Waals surface area contributed by atoms with Crippen molar-refractivity contribution in [3.05, 3.63) is 71.3 Å². The Bertz CT molecular complexity index is 759. The van der Waals surface area contributed by atoms with E-state index >= 15 is 0 Å². The summed E-state index contributed by atoms with van der Waals surface area (Å²) in [6.45, 7) is 9.48. The van der Waals surface area contributed by atoms with Crippen molar-refractivity contribution in [1.82, 2.24) is 4.90 Å². The molecule has 142 valence electrons. The fourth-order valence-electron chi connectivity index (χ4n) is 4.62. The van der Waals surface area contributed by atoms with Crippen LogP contribution >= 0.6 is 0 Å². The minimum Gasteiger partial charge on any atom is -0.296 e. The Balaban J connectivity index is 1.70. The lowest BCUT2D eigenvalue weighted by atomic mass is 9.67. The van der Waals surface area contributed by atoms with Crippen molar-refractivity contribution in [2.45, 2.75) is 64.3 Å². The number of likely N-dealkylation sites (tertiary alicyclic amines) is 1. The summed E-state index contributed by atoms with van der Waals surface area (Å²) in [4.78, 5) is 2.75. The third-order valence-electron chi connectivity index (χ3n) is 6.38. The zero-order valence-electron chi connectivity index (χ0n) is 17.2. The van der Waals surface area contributed by atoms with Crippen molar-refractivity contribution in [1.29, 1.82) is 0 Å². The molecule has 3 rings (SSSR count). The number of hydrogen-bond donors (Lipinski definition) is 0. The van der Waals surface area contributed by atoms with Crippen molar-refractivity contribution < 1.29 is 0 Å². The fourth-order valence-corrected chi connectivity index (χ4v) is 4.62. The number of hydrogen-bond acceptors (Lipinski definition) is 1. The first-order chi connectivity index (χ1) is 13.2. The Kier molecular flexibility index (Phi) is 6.75. The first-order valence-corrected chi connectivity index (χ1v) is 10.7. The number of rotatable bonds is 7. The first-order valence-electron chi connectivity index (χ1n) is 10.7. The van der Waals surface area contributed by atoms with Crippen molar-refractivity contribution in [2.75, 3.05) is 13.1 Å². The van der Waals surface area contributed by atoms with Crippen molar-refractivity contribution >= 4 is 0 Å². The van der Waals surface area contributed by atoms with Crippen LogP contribution in [0.4, 0.5) is 0 Å². The maximum atomic E-state index is 3.29. The van der Waals surface area contributed by atoms with Crippen LogP contribution in [0.1, 0.15) is 75.5 Å². The average Bonchev–Trinajstić information content (AvgIpc) is 2.71. The smallest absolute Gasteiger partial charge is 0.0285 e. The lowest BCUT2D eigenvalue weighted by Crippen LogP contribution is -2.65. The molecule has 0 aromatic heterocycles. The molecule has 0 spiro atoms. The van der Waals surface area contributed by atoms with Gasteiger partial charge in [0.05, 0.1) is 0 Å². The van der Waals surface area contributed by atoms with Gasteiger partial charge in [-0.25, -0.2) is 0 Å². The van der Waals surface area contributed by atoms with E-state index in [0.717, 1.165) is 11.1 Å². The van der Waals surface area contributed by atoms with Crippen LogP contribution in [0.2, 0.25) is 0 Å². The predicted octanol–water partition coefficient (Wildman–Crippen LogP) is 6.23. The van der Waals surface area contributed by atoms with E-state index in [1.807, 2.05) is 18.2 Å². The molecule has 1 fully saturated rings. The Morgan fingerprint density at radius 2 is 1.48 bits per heavy atom. The molecule has 0 bridgehead atoms. The Labute approximate surface area is 165 Å². The van der Waals surface area contributed by atoms with Gasteiger partial charge in [-0.1, -0.05) is 75.8 Å². The van der Waals surface area contributed by atoms with Gasteiger partial charge in [-0.15, -0.1) is 0 Å². The van der Waals surface area contributed by atoms with Gasteiger partial charge in [0.15, 0.2) is 0 Å². The van der Waals surface area contributed by atoms with Gasteiger partial charge in [0.1, 0.15) is 0 Å². The second-order valence-electron chi connectivity index (χ2n) is 7.75. The molecular weight excluding hydrogens is 326 g/mol. The Morgan fingerprint density at radius 3 is 2.07 bits per heavy atom. The van der Waals surface area contributed by atoms with Gasteiger partial charge in [-0.3, -0.25) is 4.90 Å². The second-order valence-corrected chi connectivity index (χ2v) is 7.75. The first kappa shape index (κ1) is 19.7. The third-order valence-corrected chi connectivity index (χ3v) is 6.38. The number of benzene rings is 2. The monoisotopic (exact) mass is 359 g/mol. The zero-order chi connectivity index (χ0) is 19.1. The average molecular weight is 360 g/mol. The number of unbranched alkanes of at least 4 members (excludes halogenated alkanes) is 2. The van der Waals surface area contributed by atoms with Crippen LogP contribution in [-0.2, 0) is 0 Å². The molecule has 1 atom stereocenters. The Morgan fingerprint density at radius 1 is 0.852 bits per heavy atom. The maximum absolute atomic E-state index is 3.29. The minimum absolute atomic E-state index is 0.352. The van der Waals surface area contributed by atoms with E-state index < -0.39 is 0 Å². The van der Waals surface area contributed by atoms with Gasteiger partial charge in [0, 0.05) is 29.1 Å². The van der Waals surface area contributed by atoms with Gasteiger partial charge >= 0.3 is 0 Å². The largest absolute Gasteiger partial charge is 0.296 e. The highest BCUT2D eigenvalue weighted by Gasteiger charge is 2.50. The van der Waals surface area contributed by atoms with Crippen molar-refractivity contribution in [3.63, 3.8) is 0 Å². The lowest BCUT2D eigenvalue weighted by molar-refractivity contribution is -0.0496. The van der Waals surface area contributed by atoms with Gasteiger partial charge in [-0.05, 0) is 55.6 Å².